The van der Waals surface area contributed by atoms with Gasteiger partial charge < -0.3 is 0 Å². The lowest BCUT2D eigenvalue weighted by Gasteiger charge is -2.27. The van der Waals surface area contributed by atoms with Crippen LogP contribution in [-0.2, 0) is 0 Å². The zero-order valence-electron chi connectivity index (χ0n) is 13.2. The van der Waals surface area contributed by atoms with Gasteiger partial charge in [-0.15, -0.1) is 0 Å². The maximum Gasteiger partial charge on any atom is -0.0363 e. The summed E-state index contributed by atoms with van der Waals surface area (Å²) in [5.41, 5.74) is 0. The molecule has 0 saturated heterocycles. The van der Waals surface area contributed by atoms with Crippen molar-refractivity contribution in [2.45, 2.75) is 97.8 Å². The van der Waals surface area contributed by atoms with E-state index in [4.69, 9.17) is 0 Å². The first-order chi connectivity index (χ1) is 8.75. The third-order valence-corrected chi connectivity index (χ3v) is 5.00. The SMILES string of the molecule is CCCCCCCCCC(C(C)C)C1CCCC1. The van der Waals surface area contributed by atoms with Crippen LogP contribution in [0.2, 0.25) is 0 Å². The highest BCUT2D eigenvalue weighted by Crippen LogP contribution is 2.38. The molecule has 0 radical (unpaired) electrons. The van der Waals surface area contributed by atoms with E-state index in [0.717, 1.165) is 17.8 Å². The standard InChI is InChI=1S/C18H36/c1-4-5-6-7-8-9-10-15-18(16(2)3)17-13-11-12-14-17/h16-18H,4-15H2,1-3H3. The molecule has 1 rings (SSSR count). The molecule has 0 heteroatoms. The van der Waals surface area contributed by atoms with E-state index >= 15 is 0 Å². The first-order valence-electron chi connectivity index (χ1n) is 8.75. The van der Waals surface area contributed by atoms with Crippen LogP contribution in [0.5, 0.6) is 0 Å². The lowest BCUT2D eigenvalue weighted by atomic mass is 9.79. The Kier molecular flexibility index (Phi) is 8.80. The summed E-state index contributed by atoms with van der Waals surface area (Å²) in [6.45, 7) is 7.20. The maximum atomic E-state index is 2.45. The second kappa shape index (κ2) is 9.87. The molecule has 108 valence electrons. The fourth-order valence-electron chi connectivity index (χ4n) is 3.84. The van der Waals surface area contributed by atoms with Crippen molar-refractivity contribution in [2.24, 2.45) is 17.8 Å². The summed E-state index contributed by atoms with van der Waals surface area (Å²) in [6.07, 6.45) is 17.8. The summed E-state index contributed by atoms with van der Waals surface area (Å²) in [5, 5.41) is 0. The predicted molar refractivity (Wildman–Crippen MR) is 82.9 cm³/mol. The third-order valence-electron chi connectivity index (χ3n) is 5.00. The molecule has 0 spiro atoms. The second-order valence-electron chi connectivity index (χ2n) is 6.86. The summed E-state index contributed by atoms with van der Waals surface area (Å²) < 4.78 is 0. The molecule has 1 saturated carbocycles. The minimum absolute atomic E-state index is 0.910. The Morgan fingerprint density at radius 2 is 1.39 bits per heavy atom. The fraction of sp³-hybridized carbons (Fsp3) is 1.00. The summed E-state index contributed by atoms with van der Waals surface area (Å²) in [6, 6.07) is 0. The number of hydrogen-bond acceptors (Lipinski definition) is 0. The zero-order chi connectivity index (χ0) is 13.2. The molecule has 0 heterocycles. The van der Waals surface area contributed by atoms with E-state index in [1.54, 1.807) is 0 Å². The zero-order valence-corrected chi connectivity index (χ0v) is 13.2. The third kappa shape index (κ3) is 6.25. The second-order valence-corrected chi connectivity index (χ2v) is 6.86. The highest BCUT2D eigenvalue weighted by Gasteiger charge is 2.26. The molecule has 18 heavy (non-hydrogen) atoms. The molecule has 1 aliphatic rings. The van der Waals surface area contributed by atoms with Gasteiger partial charge in [0.1, 0.15) is 0 Å². The first kappa shape index (κ1) is 16.1. The smallest absolute Gasteiger partial charge is 0.0363 e. The number of rotatable bonds is 10. The van der Waals surface area contributed by atoms with Crippen molar-refractivity contribution < 1.29 is 0 Å². The number of unbranched alkanes of at least 4 members (excludes halogenated alkanes) is 6. The molecular weight excluding hydrogens is 216 g/mol. The molecule has 1 unspecified atom stereocenters. The summed E-state index contributed by atoms with van der Waals surface area (Å²) in [5.74, 6) is 3.02. The van der Waals surface area contributed by atoms with Crippen LogP contribution in [0, 0.1) is 17.8 Å². The summed E-state index contributed by atoms with van der Waals surface area (Å²) in [7, 11) is 0. The van der Waals surface area contributed by atoms with Crippen molar-refractivity contribution >= 4 is 0 Å². The highest BCUT2D eigenvalue weighted by molar-refractivity contribution is 4.77. The van der Waals surface area contributed by atoms with E-state index in [9.17, 15) is 0 Å². The van der Waals surface area contributed by atoms with Crippen LogP contribution in [0.3, 0.4) is 0 Å². The highest BCUT2D eigenvalue weighted by atomic mass is 14.3. The molecule has 1 atom stereocenters. The van der Waals surface area contributed by atoms with Crippen LogP contribution in [0.1, 0.15) is 97.8 Å². The van der Waals surface area contributed by atoms with Gasteiger partial charge in [-0.2, -0.15) is 0 Å². The van der Waals surface area contributed by atoms with Gasteiger partial charge in [0.15, 0.2) is 0 Å². The molecule has 1 aliphatic carbocycles. The van der Waals surface area contributed by atoms with Gasteiger partial charge in [0.2, 0.25) is 0 Å². The Bertz CT molecular complexity index is 176. The van der Waals surface area contributed by atoms with Crippen molar-refractivity contribution in [3.8, 4) is 0 Å². The van der Waals surface area contributed by atoms with E-state index in [-0.39, 0.29) is 0 Å². The molecule has 1 fully saturated rings. The molecule has 0 N–H and O–H groups in total. The van der Waals surface area contributed by atoms with Gasteiger partial charge in [0.25, 0.3) is 0 Å². The van der Waals surface area contributed by atoms with Crippen molar-refractivity contribution in [1.29, 1.82) is 0 Å². The molecule has 0 aromatic rings. The van der Waals surface area contributed by atoms with Crippen LogP contribution in [-0.4, -0.2) is 0 Å². The van der Waals surface area contributed by atoms with Crippen molar-refractivity contribution in [1.82, 2.24) is 0 Å². The van der Waals surface area contributed by atoms with Gasteiger partial charge in [-0.3, -0.25) is 0 Å². The average Bonchev–Trinajstić information content (AvgIpc) is 2.85. The summed E-state index contributed by atoms with van der Waals surface area (Å²) >= 11 is 0. The molecule has 0 aliphatic heterocycles. The van der Waals surface area contributed by atoms with E-state index < -0.39 is 0 Å². The van der Waals surface area contributed by atoms with Crippen LogP contribution in [0.25, 0.3) is 0 Å². The molecule has 0 nitrogen and oxygen atoms in total. The Labute approximate surface area is 116 Å². The maximum absolute atomic E-state index is 2.45. The van der Waals surface area contributed by atoms with Crippen LogP contribution >= 0.6 is 0 Å². The first-order valence-corrected chi connectivity index (χ1v) is 8.75. The molecule has 0 aromatic heterocycles. The van der Waals surface area contributed by atoms with Crippen LogP contribution in [0.15, 0.2) is 0 Å². The van der Waals surface area contributed by atoms with E-state index in [1.807, 2.05) is 0 Å². The lowest BCUT2D eigenvalue weighted by molar-refractivity contribution is 0.234. The van der Waals surface area contributed by atoms with E-state index in [1.165, 1.54) is 77.0 Å². The van der Waals surface area contributed by atoms with Gasteiger partial charge in [-0.25, -0.2) is 0 Å². The molecule has 0 amide bonds. The van der Waals surface area contributed by atoms with Crippen molar-refractivity contribution in [2.75, 3.05) is 0 Å². The van der Waals surface area contributed by atoms with Crippen molar-refractivity contribution in [3.63, 3.8) is 0 Å². The van der Waals surface area contributed by atoms with Gasteiger partial charge in [0.05, 0.1) is 0 Å². The Balaban J connectivity index is 2.06. The largest absolute Gasteiger partial charge is 0.0654 e. The average molecular weight is 252 g/mol. The van der Waals surface area contributed by atoms with Crippen LogP contribution in [0.4, 0.5) is 0 Å². The molecule has 0 bridgehead atoms. The lowest BCUT2D eigenvalue weighted by Crippen LogP contribution is -2.17. The van der Waals surface area contributed by atoms with Gasteiger partial charge in [-0.1, -0.05) is 91.4 Å². The number of hydrogen-bond donors (Lipinski definition) is 0. The molecule has 0 aromatic carbocycles. The minimum atomic E-state index is 0.910. The molecular formula is C18H36. The van der Waals surface area contributed by atoms with Gasteiger partial charge >= 0.3 is 0 Å². The van der Waals surface area contributed by atoms with Gasteiger partial charge in [-0.05, 0) is 24.2 Å². The monoisotopic (exact) mass is 252 g/mol. The predicted octanol–water partition coefficient (Wildman–Crippen LogP) is 6.59. The quantitative estimate of drug-likeness (QED) is 0.385. The Hall–Kier alpha value is 0. The normalized spacial score (nSPS) is 18.7. The van der Waals surface area contributed by atoms with Gasteiger partial charge in [0, 0.05) is 0 Å². The van der Waals surface area contributed by atoms with E-state index in [2.05, 4.69) is 20.8 Å². The Morgan fingerprint density at radius 1 is 0.833 bits per heavy atom. The van der Waals surface area contributed by atoms with E-state index in [0.29, 0.717) is 0 Å². The fourth-order valence-corrected chi connectivity index (χ4v) is 3.84. The minimum Gasteiger partial charge on any atom is -0.0654 e. The van der Waals surface area contributed by atoms with Crippen molar-refractivity contribution in [3.05, 3.63) is 0 Å². The van der Waals surface area contributed by atoms with Crippen LogP contribution < -0.4 is 0 Å². The Morgan fingerprint density at radius 3 is 1.94 bits per heavy atom. The summed E-state index contributed by atoms with van der Waals surface area (Å²) in [4.78, 5) is 0. The topological polar surface area (TPSA) is 0 Å².